The van der Waals surface area contributed by atoms with Gasteiger partial charge in [0.25, 0.3) is 0 Å². The molecule has 0 amide bonds. The van der Waals surface area contributed by atoms with Crippen molar-refractivity contribution < 1.29 is 0 Å². The Morgan fingerprint density at radius 1 is 1.10 bits per heavy atom. The van der Waals surface area contributed by atoms with Crippen LogP contribution in [0.5, 0.6) is 0 Å². The van der Waals surface area contributed by atoms with Crippen LogP contribution in [-0.4, -0.2) is 6.54 Å². The van der Waals surface area contributed by atoms with Gasteiger partial charge in [0.2, 0.25) is 0 Å². The quantitative estimate of drug-likeness (QED) is 0.778. The van der Waals surface area contributed by atoms with Crippen LogP contribution < -0.4 is 5.32 Å². The predicted octanol–water partition coefficient (Wildman–Crippen LogP) is 5.42. The summed E-state index contributed by atoms with van der Waals surface area (Å²) >= 11 is 7.92. The number of thiophene rings is 1. The average molecular weight is 308 g/mol. The second kappa shape index (κ2) is 6.75. The van der Waals surface area contributed by atoms with Gasteiger partial charge in [-0.1, -0.05) is 36.7 Å². The molecule has 0 aliphatic rings. The third-order valence-corrected chi connectivity index (χ3v) is 5.24. The summed E-state index contributed by atoms with van der Waals surface area (Å²) in [4.78, 5) is 1.30. The molecule has 1 atom stereocenters. The molecule has 1 nitrogen and oxygen atoms in total. The molecule has 108 valence electrons. The highest BCUT2D eigenvalue weighted by atomic mass is 35.5. The van der Waals surface area contributed by atoms with Gasteiger partial charge in [-0.25, -0.2) is 0 Å². The minimum atomic E-state index is 0.241. The van der Waals surface area contributed by atoms with Crippen LogP contribution in [0.15, 0.2) is 24.3 Å². The second-order valence-corrected chi connectivity index (χ2v) is 7.02. The molecule has 3 heteroatoms. The lowest BCUT2D eigenvalue weighted by molar-refractivity contribution is 0.605. The minimum absolute atomic E-state index is 0.241. The van der Waals surface area contributed by atoms with E-state index in [2.05, 4.69) is 57.3 Å². The van der Waals surface area contributed by atoms with Crippen molar-refractivity contribution in [2.24, 2.45) is 0 Å². The van der Waals surface area contributed by atoms with E-state index in [0.29, 0.717) is 0 Å². The minimum Gasteiger partial charge on any atom is -0.306 e. The second-order valence-electron chi connectivity index (χ2n) is 5.34. The van der Waals surface area contributed by atoms with E-state index >= 15 is 0 Å². The summed E-state index contributed by atoms with van der Waals surface area (Å²) in [5, 5.41) is 3.64. The van der Waals surface area contributed by atoms with E-state index < -0.39 is 0 Å². The van der Waals surface area contributed by atoms with Gasteiger partial charge < -0.3 is 5.32 Å². The Hall–Kier alpha value is -0.830. The number of benzene rings is 1. The number of halogens is 1. The van der Waals surface area contributed by atoms with Gasteiger partial charge in [-0.05, 0) is 62.1 Å². The predicted molar refractivity (Wildman–Crippen MR) is 90.1 cm³/mol. The fraction of sp³-hybridized carbons (Fsp3) is 0.412. The lowest BCUT2D eigenvalue weighted by Crippen LogP contribution is -2.22. The molecule has 0 saturated heterocycles. The average Bonchev–Trinajstić information content (AvgIpc) is 2.74. The normalized spacial score (nSPS) is 12.7. The standard InChI is InChI=1S/C17H22ClNS/c1-5-8-19-16(15-10-13(4)17(18)20-15)14-7-6-11(2)12(3)9-14/h6-7,9-10,16,19H,5,8H2,1-4H3. The van der Waals surface area contributed by atoms with Gasteiger partial charge in [0, 0.05) is 4.88 Å². The molecular weight excluding hydrogens is 286 g/mol. The largest absolute Gasteiger partial charge is 0.306 e. The molecule has 1 heterocycles. The summed E-state index contributed by atoms with van der Waals surface area (Å²) < 4.78 is 0.895. The highest BCUT2D eigenvalue weighted by molar-refractivity contribution is 7.16. The van der Waals surface area contributed by atoms with Crippen LogP contribution in [0.4, 0.5) is 0 Å². The summed E-state index contributed by atoms with van der Waals surface area (Å²) in [6.07, 6.45) is 1.12. The van der Waals surface area contributed by atoms with Crippen molar-refractivity contribution in [3.8, 4) is 0 Å². The first-order chi connectivity index (χ1) is 9.52. The Morgan fingerprint density at radius 3 is 2.40 bits per heavy atom. The van der Waals surface area contributed by atoms with Gasteiger partial charge in [-0.15, -0.1) is 11.3 Å². The maximum atomic E-state index is 6.24. The number of rotatable bonds is 5. The van der Waals surface area contributed by atoms with Crippen LogP contribution in [0.1, 0.15) is 46.5 Å². The van der Waals surface area contributed by atoms with Gasteiger partial charge in [-0.3, -0.25) is 0 Å². The van der Waals surface area contributed by atoms with Crippen molar-refractivity contribution >= 4 is 22.9 Å². The summed E-state index contributed by atoms with van der Waals surface area (Å²) in [6, 6.07) is 9.15. The molecule has 1 aromatic heterocycles. The van der Waals surface area contributed by atoms with Crippen molar-refractivity contribution in [2.45, 2.75) is 40.2 Å². The Balaban J connectivity index is 2.38. The Kier molecular flexibility index (Phi) is 5.25. The van der Waals surface area contributed by atoms with Gasteiger partial charge in [-0.2, -0.15) is 0 Å². The van der Waals surface area contributed by atoms with Crippen LogP contribution in [0.2, 0.25) is 4.34 Å². The molecule has 0 radical (unpaired) electrons. The molecule has 0 bridgehead atoms. The molecule has 1 unspecified atom stereocenters. The Labute approximate surface area is 131 Å². The summed E-state index contributed by atoms with van der Waals surface area (Å²) in [5.74, 6) is 0. The van der Waals surface area contributed by atoms with Crippen molar-refractivity contribution in [1.82, 2.24) is 5.32 Å². The molecule has 0 fully saturated rings. The number of hydrogen-bond donors (Lipinski definition) is 1. The topological polar surface area (TPSA) is 12.0 Å². The lowest BCUT2D eigenvalue weighted by atomic mass is 9.99. The van der Waals surface area contributed by atoms with Crippen LogP contribution in [-0.2, 0) is 0 Å². The SMILES string of the molecule is CCCNC(c1ccc(C)c(C)c1)c1cc(C)c(Cl)s1. The monoisotopic (exact) mass is 307 g/mol. The van der Waals surface area contributed by atoms with Gasteiger partial charge in [0.1, 0.15) is 0 Å². The Bertz CT molecular complexity index is 569. The third-order valence-electron chi connectivity index (χ3n) is 3.62. The van der Waals surface area contributed by atoms with Crippen LogP contribution in [0, 0.1) is 20.8 Å². The molecule has 1 N–H and O–H groups in total. The first-order valence-corrected chi connectivity index (χ1v) is 8.28. The fourth-order valence-electron chi connectivity index (χ4n) is 2.24. The molecule has 0 saturated carbocycles. The van der Waals surface area contributed by atoms with E-state index in [1.54, 1.807) is 11.3 Å². The number of nitrogens with one attached hydrogen (secondary N) is 1. The molecule has 0 spiro atoms. The maximum Gasteiger partial charge on any atom is 0.0961 e. The van der Waals surface area contributed by atoms with Crippen LogP contribution in [0.3, 0.4) is 0 Å². The molecule has 2 aromatic rings. The fourth-order valence-corrected chi connectivity index (χ4v) is 3.56. The first-order valence-electron chi connectivity index (χ1n) is 7.09. The zero-order chi connectivity index (χ0) is 14.7. The van der Waals surface area contributed by atoms with E-state index in [9.17, 15) is 0 Å². The lowest BCUT2D eigenvalue weighted by Gasteiger charge is -2.19. The summed E-state index contributed by atoms with van der Waals surface area (Å²) in [7, 11) is 0. The first kappa shape index (κ1) is 15.6. The summed E-state index contributed by atoms with van der Waals surface area (Å²) in [6.45, 7) is 9.59. The third kappa shape index (κ3) is 3.43. The van der Waals surface area contributed by atoms with Crippen LogP contribution >= 0.6 is 22.9 Å². The molecular formula is C17H22ClNS. The molecule has 20 heavy (non-hydrogen) atoms. The number of hydrogen-bond acceptors (Lipinski definition) is 2. The Morgan fingerprint density at radius 2 is 1.85 bits per heavy atom. The highest BCUT2D eigenvalue weighted by Crippen LogP contribution is 2.34. The molecule has 1 aromatic carbocycles. The van der Waals surface area contributed by atoms with Crippen molar-refractivity contribution in [1.29, 1.82) is 0 Å². The van der Waals surface area contributed by atoms with Crippen molar-refractivity contribution in [2.75, 3.05) is 6.54 Å². The zero-order valence-electron chi connectivity index (χ0n) is 12.6. The maximum absolute atomic E-state index is 6.24. The van der Waals surface area contributed by atoms with E-state index in [1.165, 1.54) is 27.1 Å². The van der Waals surface area contributed by atoms with Crippen LogP contribution in [0.25, 0.3) is 0 Å². The highest BCUT2D eigenvalue weighted by Gasteiger charge is 2.17. The van der Waals surface area contributed by atoms with Crippen molar-refractivity contribution in [3.05, 3.63) is 55.7 Å². The van der Waals surface area contributed by atoms with Gasteiger partial charge >= 0.3 is 0 Å². The molecule has 0 aliphatic heterocycles. The molecule has 0 aliphatic carbocycles. The van der Waals surface area contributed by atoms with E-state index in [4.69, 9.17) is 11.6 Å². The van der Waals surface area contributed by atoms with E-state index in [-0.39, 0.29) is 6.04 Å². The zero-order valence-corrected chi connectivity index (χ0v) is 14.2. The van der Waals surface area contributed by atoms with E-state index in [1.807, 2.05) is 0 Å². The number of aryl methyl sites for hydroxylation is 3. The summed E-state index contributed by atoms with van der Waals surface area (Å²) in [5.41, 5.74) is 5.16. The van der Waals surface area contributed by atoms with Gasteiger partial charge in [0.15, 0.2) is 0 Å². The van der Waals surface area contributed by atoms with E-state index in [0.717, 1.165) is 17.3 Å². The smallest absolute Gasteiger partial charge is 0.0961 e. The molecule has 2 rings (SSSR count). The van der Waals surface area contributed by atoms with Crippen molar-refractivity contribution in [3.63, 3.8) is 0 Å². The van der Waals surface area contributed by atoms with Gasteiger partial charge in [0.05, 0.1) is 10.4 Å².